The summed E-state index contributed by atoms with van der Waals surface area (Å²) in [5, 5.41) is 3.12. The molecule has 1 aliphatic heterocycles. The van der Waals surface area contributed by atoms with Crippen molar-refractivity contribution in [2.24, 2.45) is 0 Å². The van der Waals surface area contributed by atoms with Gasteiger partial charge in [0, 0.05) is 35.8 Å². The highest BCUT2D eigenvalue weighted by Gasteiger charge is 2.29. The molecule has 28 heavy (non-hydrogen) atoms. The van der Waals surface area contributed by atoms with Gasteiger partial charge in [0.1, 0.15) is 11.6 Å². The van der Waals surface area contributed by atoms with Gasteiger partial charge in [-0.2, -0.15) is 0 Å². The van der Waals surface area contributed by atoms with Crippen molar-refractivity contribution in [3.63, 3.8) is 0 Å². The molecule has 1 heterocycles. The van der Waals surface area contributed by atoms with E-state index in [4.69, 9.17) is 16.3 Å². The number of benzene rings is 2. The third-order valence-corrected chi connectivity index (χ3v) is 5.28. The second-order valence-corrected chi connectivity index (χ2v) is 7.40. The monoisotopic (exact) mass is 408 g/mol. The van der Waals surface area contributed by atoms with Crippen LogP contribution in [0, 0.1) is 18.6 Å². The Kier molecular flexibility index (Phi) is 6.65. The second-order valence-electron chi connectivity index (χ2n) is 7.00. The summed E-state index contributed by atoms with van der Waals surface area (Å²) in [7, 11) is 0. The van der Waals surface area contributed by atoms with Crippen LogP contribution in [0.3, 0.4) is 0 Å². The summed E-state index contributed by atoms with van der Waals surface area (Å²) in [6, 6.07) is 8.15. The van der Waals surface area contributed by atoms with E-state index in [1.165, 1.54) is 18.2 Å². The molecule has 0 bridgehead atoms. The number of rotatable bonds is 5. The molecule has 2 aromatic carbocycles. The zero-order valence-corrected chi connectivity index (χ0v) is 16.6. The van der Waals surface area contributed by atoms with Crippen LogP contribution in [-0.2, 0) is 4.74 Å². The van der Waals surface area contributed by atoms with Gasteiger partial charge in [-0.1, -0.05) is 23.7 Å². The van der Waals surface area contributed by atoms with Crippen LogP contribution in [-0.4, -0.2) is 43.2 Å². The van der Waals surface area contributed by atoms with Gasteiger partial charge in [0.25, 0.3) is 5.91 Å². The first-order valence-corrected chi connectivity index (χ1v) is 9.58. The van der Waals surface area contributed by atoms with E-state index in [-0.39, 0.29) is 18.2 Å². The average Bonchev–Trinajstić information content (AvgIpc) is 2.65. The third-order valence-electron chi connectivity index (χ3n) is 4.95. The zero-order chi connectivity index (χ0) is 20.3. The molecule has 0 aliphatic carbocycles. The largest absolute Gasteiger partial charge is 0.376 e. The molecule has 0 aromatic heterocycles. The summed E-state index contributed by atoms with van der Waals surface area (Å²) in [4.78, 5) is 14.7. The molecule has 0 saturated carbocycles. The molecule has 0 spiro atoms. The van der Waals surface area contributed by atoms with Crippen molar-refractivity contribution >= 4 is 17.5 Å². The first-order chi connectivity index (χ1) is 13.4. The Hall–Kier alpha value is -2.02. The first kappa shape index (κ1) is 20.7. The van der Waals surface area contributed by atoms with Crippen LogP contribution in [0.4, 0.5) is 8.78 Å². The Morgan fingerprint density at radius 1 is 1.36 bits per heavy atom. The topological polar surface area (TPSA) is 41.6 Å². The predicted octanol–water partition coefficient (Wildman–Crippen LogP) is 4.12. The minimum Gasteiger partial charge on any atom is -0.376 e. The number of hydrogen-bond acceptors (Lipinski definition) is 3. The fourth-order valence-corrected chi connectivity index (χ4v) is 3.78. The molecule has 1 N–H and O–H groups in total. The van der Waals surface area contributed by atoms with Crippen molar-refractivity contribution in [3.8, 4) is 0 Å². The van der Waals surface area contributed by atoms with Crippen molar-refractivity contribution in [1.82, 2.24) is 10.2 Å². The fraction of sp³-hybridized carbons (Fsp3) is 0.381. The Bertz CT molecular complexity index is 842. The standard InChI is InChI=1S/C21H23ClF2N2O2/c1-13-6-7-15(23)10-16(13)21(27)25-11-19(26-8-9-28-14(2)12-26)20-17(22)4-3-5-18(20)24/h3-7,10,14,19H,8-9,11-12H2,1-2H3,(H,25,27). The molecular weight excluding hydrogens is 386 g/mol. The molecule has 0 radical (unpaired) electrons. The highest BCUT2D eigenvalue weighted by atomic mass is 35.5. The highest BCUT2D eigenvalue weighted by Crippen LogP contribution is 2.31. The maximum absolute atomic E-state index is 14.6. The molecule has 7 heteroatoms. The molecule has 1 saturated heterocycles. The number of halogens is 3. The van der Waals surface area contributed by atoms with Crippen LogP contribution in [0.25, 0.3) is 0 Å². The lowest BCUT2D eigenvalue weighted by Crippen LogP contribution is -2.47. The summed E-state index contributed by atoms with van der Waals surface area (Å²) >= 11 is 6.30. The number of carbonyl (C=O) groups excluding carboxylic acids is 1. The Morgan fingerprint density at radius 3 is 2.86 bits per heavy atom. The van der Waals surface area contributed by atoms with E-state index in [0.29, 0.717) is 35.8 Å². The third kappa shape index (κ3) is 4.69. The van der Waals surface area contributed by atoms with Gasteiger partial charge >= 0.3 is 0 Å². The smallest absolute Gasteiger partial charge is 0.251 e. The van der Waals surface area contributed by atoms with Gasteiger partial charge in [-0.25, -0.2) is 8.78 Å². The lowest BCUT2D eigenvalue weighted by atomic mass is 10.0. The lowest BCUT2D eigenvalue weighted by Gasteiger charge is -2.38. The van der Waals surface area contributed by atoms with Gasteiger partial charge < -0.3 is 10.1 Å². The molecule has 1 fully saturated rings. The van der Waals surface area contributed by atoms with Gasteiger partial charge in [-0.15, -0.1) is 0 Å². The number of ether oxygens (including phenoxy) is 1. The maximum Gasteiger partial charge on any atom is 0.251 e. The van der Waals surface area contributed by atoms with E-state index in [1.807, 2.05) is 6.92 Å². The minimum atomic E-state index is -0.480. The Labute approximate surface area is 168 Å². The van der Waals surface area contributed by atoms with Gasteiger partial charge in [-0.3, -0.25) is 9.69 Å². The molecule has 1 aliphatic rings. The van der Waals surface area contributed by atoms with E-state index < -0.39 is 23.6 Å². The number of amides is 1. The number of morpholine rings is 1. The van der Waals surface area contributed by atoms with Crippen molar-refractivity contribution in [1.29, 1.82) is 0 Å². The molecule has 1 amide bonds. The number of hydrogen-bond donors (Lipinski definition) is 1. The summed E-state index contributed by atoms with van der Waals surface area (Å²) in [6.07, 6.45) is -0.0111. The van der Waals surface area contributed by atoms with Crippen molar-refractivity contribution in [2.45, 2.75) is 26.0 Å². The van der Waals surface area contributed by atoms with Gasteiger partial charge in [0.15, 0.2) is 0 Å². The Balaban J connectivity index is 1.85. The summed E-state index contributed by atoms with van der Waals surface area (Å²) in [6.45, 7) is 5.52. The molecule has 3 rings (SSSR count). The van der Waals surface area contributed by atoms with Crippen molar-refractivity contribution in [2.75, 3.05) is 26.2 Å². The quantitative estimate of drug-likeness (QED) is 0.809. The maximum atomic E-state index is 14.6. The number of nitrogens with zero attached hydrogens (tertiary/aromatic N) is 1. The first-order valence-electron chi connectivity index (χ1n) is 9.20. The second kappa shape index (κ2) is 8.99. The zero-order valence-electron chi connectivity index (χ0n) is 15.8. The van der Waals surface area contributed by atoms with Crippen LogP contribution >= 0.6 is 11.6 Å². The van der Waals surface area contributed by atoms with Crippen LogP contribution in [0.5, 0.6) is 0 Å². The van der Waals surface area contributed by atoms with Crippen LogP contribution in [0.2, 0.25) is 5.02 Å². The van der Waals surface area contributed by atoms with Crippen LogP contribution in [0.15, 0.2) is 36.4 Å². The highest BCUT2D eigenvalue weighted by molar-refractivity contribution is 6.31. The Morgan fingerprint density at radius 2 is 2.14 bits per heavy atom. The number of aryl methyl sites for hydroxylation is 1. The lowest BCUT2D eigenvalue weighted by molar-refractivity contribution is -0.0346. The van der Waals surface area contributed by atoms with Gasteiger partial charge in [0.2, 0.25) is 0 Å². The predicted molar refractivity (Wildman–Crippen MR) is 105 cm³/mol. The number of nitrogens with one attached hydrogen (secondary N) is 1. The summed E-state index contributed by atoms with van der Waals surface area (Å²) < 4.78 is 33.7. The SMILES string of the molecule is Cc1ccc(F)cc1C(=O)NCC(c1c(F)cccc1Cl)N1CCOC(C)C1. The molecule has 150 valence electrons. The van der Waals surface area contributed by atoms with E-state index in [1.54, 1.807) is 25.1 Å². The summed E-state index contributed by atoms with van der Waals surface area (Å²) in [5.41, 5.74) is 1.27. The van der Waals surface area contributed by atoms with Gasteiger partial charge in [-0.05, 0) is 43.7 Å². The van der Waals surface area contributed by atoms with E-state index >= 15 is 0 Å². The molecule has 2 unspecified atom stereocenters. The summed E-state index contributed by atoms with van der Waals surface area (Å²) in [5.74, 6) is -1.31. The van der Waals surface area contributed by atoms with Gasteiger partial charge in [0.05, 0.1) is 18.8 Å². The average molecular weight is 409 g/mol. The normalized spacial score (nSPS) is 18.7. The molecule has 2 atom stereocenters. The molecule has 4 nitrogen and oxygen atoms in total. The van der Waals surface area contributed by atoms with E-state index in [9.17, 15) is 13.6 Å². The van der Waals surface area contributed by atoms with E-state index in [0.717, 1.165) is 0 Å². The van der Waals surface area contributed by atoms with E-state index in [2.05, 4.69) is 10.2 Å². The van der Waals surface area contributed by atoms with Crippen LogP contribution < -0.4 is 5.32 Å². The molecular formula is C21H23ClF2N2O2. The van der Waals surface area contributed by atoms with Crippen LogP contribution in [0.1, 0.15) is 34.5 Å². The molecule has 2 aromatic rings. The fourth-order valence-electron chi connectivity index (χ4n) is 3.49. The minimum absolute atomic E-state index is 0.0111. The van der Waals surface area contributed by atoms with Crippen molar-refractivity contribution in [3.05, 3.63) is 69.7 Å². The van der Waals surface area contributed by atoms with Crippen molar-refractivity contribution < 1.29 is 18.3 Å². The number of carbonyl (C=O) groups is 1.